The standard InChI is InChI=1S/C36H45BN2O5/c1-3-24(19-26-11-8-12-29(40)20-26)13-14-32-33-27(4-2)21-30-34(31(33)22-37(43)44-32)36(42)39(35(30)41)28-15-17-38(18-16-28)23-25-9-6-5-7-10-25/h5-12,19-20,28,30-32,34,40,43H,3-4,13-18,21-23H2,1-2H3/b24-19+/t30-,31+,32-,34-/m1/s1. The van der Waals surface area contributed by atoms with Crippen molar-refractivity contribution in [2.45, 2.75) is 83.8 Å². The molecule has 0 radical (unpaired) electrons. The lowest BCUT2D eigenvalue weighted by Gasteiger charge is -2.43. The number of piperidine rings is 1. The number of rotatable bonds is 9. The van der Waals surface area contributed by atoms with Crippen LogP contribution in [0.5, 0.6) is 5.75 Å². The number of carbonyl (C=O) groups excluding carboxylic acids is 2. The van der Waals surface area contributed by atoms with E-state index in [1.807, 2.05) is 18.2 Å². The van der Waals surface area contributed by atoms with Gasteiger partial charge < -0.3 is 14.8 Å². The van der Waals surface area contributed by atoms with Gasteiger partial charge in [0.05, 0.1) is 17.9 Å². The molecule has 2 aromatic rings. The number of phenolic OH excluding ortho intramolecular Hbond substituents is 1. The number of carbonyl (C=O) groups is 2. The lowest BCUT2D eigenvalue weighted by atomic mass is 9.58. The summed E-state index contributed by atoms with van der Waals surface area (Å²) >= 11 is 0. The van der Waals surface area contributed by atoms with Crippen molar-refractivity contribution in [3.8, 4) is 5.75 Å². The number of hydrogen-bond donors (Lipinski definition) is 2. The van der Waals surface area contributed by atoms with Crippen LogP contribution in [0.15, 0.2) is 71.3 Å². The van der Waals surface area contributed by atoms with E-state index in [2.05, 4.69) is 49.1 Å². The molecule has 8 heteroatoms. The first-order valence-corrected chi connectivity index (χ1v) is 16.5. The highest BCUT2D eigenvalue weighted by atomic mass is 16.5. The number of fused-ring (bicyclic) bond motifs is 3. The Balaban J connectivity index is 1.17. The Morgan fingerprint density at radius 2 is 1.80 bits per heavy atom. The minimum atomic E-state index is -0.955. The van der Waals surface area contributed by atoms with Crippen LogP contribution in [-0.4, -0.2) is 64.1 Å². The molecule has 2 N–H and O–H groups in total. The Morgan fingerprint density at radius 1 is 1.02 bits per heavy atom. The molecule has 0 unspecified atom stereocenters. The zero-order valence-corrected chi connectivity index (χ0v) is 26.0. The molecule has 0 aromatic heterocycles. The Morgan fingerprint density at radius 3 is 2.50 bits per heavy atom. The highest BCUT2D eigenvalue weighted by molar-refractivity contribution is 6.43. The van der Waals surface area contributed by atoms with Crippen LogP contribution in [0.4, 0.5) is 0 Å². The summed E-state index contributed by atoms with van der Waals surface area (Å²) in [5.41, 5.74) is 5.86. The molecule has 4 aliphatic rings. The fourth-order valence-corrected chi connectivity index (χ4v) is 8.18. The first-order valence-electron chi connectivity index (χ1n) is 16.5. The molecule has 7 nitrogen and oxygen atoms in total. The van der Waals surface area contributed by atoms with Gasteiger partial charge >= 0.3 is 7.12 Å². The van der Waals surface area contributed by atoms with Crippen molar-refractivity contribution in [2.75, 3.05) is 13.1 Å². The Hall–Kier alpha value is -3.20. The van der Waals surface area contributed by atoms with Gasteiger partial charge in [-0.15, -0.1) is 0 Å². The fourth-order valence-electron chi connectivity index (χ4n) is 8.18. The quantitative estimate of drug-likeness (QED) is 0.215. The van der Waals surface area contributed by atoms with E-state index in [0.717, 1.165) is 62.9 Å². The molecule has 44 heavy (non-hydrogen) atoms. The van der Waals surface area contributed by atoms with Crippen LogP contribution < -0.4 is 0 Å². The molecule has 3 heterocycles. The SMILES string of the molecule is CCC1=C2[C@@H](CC/C(=C/c3cccc(O)c3)CC)OB(O)C[C@@H]2[C@@H]2C(=O)N(C3CCN(Cc4ccccc4)CC3)C(=O)[C@@H]2C1. The molecular weight excluding hydrogens is 551 g/mol. The molecule has 2 aromatic carbocycles. The lowest BCUT2D eigenvalue weighted by Crippen LogP contribution is -2.48. The van der Waals surface area contributed by atoms with Crippen LogP contribution in [-0.2, 0) is 20.8 Å². The molecule has 4 atom stereocenters. The van der Waals surface area contributed by atoms with Crippen LogP contribution in [0.25, 0.3) is 6.08 Å². The van der Waals surface area contributed by atoms with Crippen molar-refractivity contribution in [3.05, 3.63) is 82.4 Å². The fraction of sp³-hybridized carbons (Fsp3) is 0.500. The highest BCUT2D eigenvalue weighted by Gasteiger charge is 2.58. The Bertz CT molecular complexity index is 1420. The second-order valence-corrected chi connectivity index (χ2v) is 13.0. The first kappa shape index (κ1) is 30.8. The van der Waals surface area contributed by atoms with Crippen molar-refractivity contribution in [3.63, 3.8) is 0 Å². The zero-order valence-electron chi connectivity index (χ0n) is 26.0. The van der Waals surface area contributed by atoms with E-state index in [-0.39, 0.29) is 41.5 Å². The average molecular weight is 597 g/mol. The number of imide groups is 1. The summed E-state index contributed by atoms with van der Waals surface area (Å²) < 4.78 is 6.18. The molecule has 1 aliphatic carbocycles. The third-order valence-corrected chi connectivity index (χ3v) is 10.4. The molecule has 2 amide bonds. The summed E-state index contributed by atoms with van der Waals surface area (Å²) in [6.07, 6.45) is 7.57. The van der Waals surface area contributed by atoms with Gasteiger partial charge in [0.2, 0.25) is 11.8 Å². The molecule has 232 valence electrons. The number of nitrogens with zero attached hydrogens (tertiary/aromatic N) is 2. The number of hydrogen-bond acceptors (Lipinski definition) is 6. The van der Waals surface area contributed by atoms with E-state index < -0.39 is 13.0 Å². The topological polar surface area (TPSA) is 90.3 Å². The van der Waals surface area contributed by atoms with E-state index in [9.17, 15) is 19.7 Å². The number of amides is 2. The summed E-state index contributed by atoms with van der Waals surface area (Å²) in [5, 5.41) is 20.8. The van der Waals surface area contributed by atoms with E-state index >= 15 is 0 Å². The van der Waals surface area contributed by atoms with Gasteiger partial charge in [0, 0.05) is 25.7 Å². The minimum Gasteiger partial charge on any atom is -0.508 e. The van der Waals surface area contributed by atoms with Gasteiger partial charge in [-0.1, -0.05) is 73.5 Å². The van der Waals surface area contributed by atoms with E-state index in [1.54, 1.807) is 17.0 Å². The maximum absolute atomic E-state index is 14.1. The lowest BCUT2D eigenvalue weighted by molar-refractivity contribution is -0.144. The molecular formula is C36H45BN2O5. The molecule has 3 fully saturated rings. The summed E-state index contributed by atoms with van der Waals surface area (Å²) in [6.45, 7) is 6.87. The molecule has 6 rings (SSSR count). The van der Waals surface area contributed by atoms with Crippen molar-refractivity contribution >= 4 is 25.0 Å². The van der Waals surface area contributed by atoms with E-state index in [0.29, 0.717) is 19.2 Å². The highest BCUT2D eigenvalue weighted by Crippen LogP contribution is 2.52. The monoisotopic (exact) mass is 596 g/mol. The summed E-state index contributed by atoms with van der Waals surface area (Å²) in [5.74, 6) is -0.720. The van der Waals surface area contributed by atoms with E-state index in [1.165, 1.54) is 16.7 Å². The predicted octanol–water partition coefficient (Wildman–Crippen LogP) is 5.84. The first-order chi connectivity index (χ1) is 21.4. The van der Waals surface area contributed by atoms with Gasteiger partial charge in [-0.2, -0.15) is 0 Å². The number of aromatic hydroxyl groups is 1. The van der Waals surface area contributed by atoms with Crippen LogP contribution >= 0.6 is 0 Å². The smallest absolute Gasteiger partial charge is 0.455 e. The maximum atomic E-state index is 14.1. The second-order valence-electron chi connectivity index (χ2n) is 13.0. The van der Waals surface area contributed by atoms with Crippen LogP contribution in [0.3, 0.4) is 0 Å². The molecule has 0 bridgehead atoms. The normalized spacial score (nSPS) is 26.8. The summed E-state index contributed by atoms with van der Waals surface area (Å²) in [7, 11) is -0.955. The largest absolute Gasteiger partial charge is 0.508 e. The summed E-state index contributed by atoms with van der Waals surface area (Å²) in [6, 6.07) is 17.6. The average Bonchev–Trinajstić information content (AvgIpc) is 3.28. The summed E-state index contributed by atoms with van der Waals surface area (Å²) in [4.78, 5) is 32.1. The molecule has 0 spiro atoms. The van der Waals surface area contributed by atoms with Crippen molar-refractivity contribution in [2.24, 2.45) is 17.8 Å². The van der Waals surface area contributed by atoms with Gasteiger partial charge in [-0.3, -0.25) is 19.4 Å². The number of likely N-dealkylation sites (tertiary alicyclic amines) is 2. The Kier molecular flexibility index (Phi) is 9.41. The third-order valence-electron chi connectivity index (χ3n) is 10.4. The van der Waals surface area contributed by atoms with Gasteiger partial charge in [0.1, 0.15) is 5.75 Å². The molecule has 3 saturated heterocycles. The van der Waals surface area contributed by atoms with Crippen LogP contribution in [0.1, 0.15) is 69.9 Å². The van der Waals surface area contributed by atoms with Gasteiger partial charge in [-0.25, -0.2) is 0 Å². The van der Waals surface area contributed by atoms with E-state index in [4.69, 9.17) is 4.65 Å². The predicted molar refractivity (Wildman–Crippen MR) is 172 cm³/mol. The van der Waals surface area contributed by atoms with Gasteiger partial charge in [0.15, 0.2) is 0 Å². The third kappa shape index (κ3) is 6.30. The molecule has 3 aliphatic heterocycles. The number of allylic oxidation sites excluding steroid dienone is 2. The minimum absolute atomic E-state index is 0.00800. The van der Waals surface area contributed by atoms with Crippen molar-refractivity contribution in [1.82, 2.24) is 9.80 Å². The second kappa shape index (κ2) is 13.4. The molecule has 0 saturated carbocycles. The van der Waals surface area contributed by atoms with Crippen molar-refractivity contribution in [1.29, 1.82) is 0 Å². The van der Waals surface area contributed by atoms with Gasteiger partial charge in [0.25, 0.3) is 0 Å². The number of benzene rings is 2. The van der Waals surface area contributed by atoms with Crippen LogP contribution in [0.2, 0.25) is 6.32 Å². The Labute approximate surface area is 261 Å². The maximum Gasteiger partial charge on any atom is 0.455 e. The van der Waals surface area contributed by atoms with Gasteiger partial charge in [-0.05, 0) is 86.0 Å². The van der Waals surface area contributed by atoms with Crippen molar-refractivity contribution < 1.29 is 24.4 Å². The number of phenols is 1. The van der Waals surface area contributed by atoms with Crippen LogP contribution in [0, 0.1) is 17.8 Å². The zero-order chi connectivity index (χ0) is 30.8.